The standard InChI is InChI=1S/C33H34FN3O9S2/c1-17(38)44-14-18-16-47-31-29(30(40)37(31)28(18)32(41)46-33(2,3)4)36(5)26(39)15-45-20-7-8-22-25(13-20)48(42,43)11-10-21-23-12-19(34)6-9-24(23)35-27(21)22/h6-9,12-13,29,31,35H,10-11,14-16H2,1-5H3. The summed E-state index contributed by atoms with van der Waals surface area (Å²) in [6.45, 7) is 5.66. The van der Waals surface area contributed by atoms with E-state index in [-0.39, 0.29) is 40.9 Å². The maximum absolute atomic E-state index is 14.0. The highest BCUT2D eigenvalue weighted by molar-refractivity contribution is 8.00. The number of likely N-dealkylation sites (N-methyl/N-ethyl adjacent to an activating group) is 1. The average molecular weight is 700 g/mol. The number of benzene rings is 2. The third-order valence-electron chi connectivity index (χ3n) is 8.28. The Labute approximate surface area is 280 Å². The molecule has 0 radical (unpaired) electrons. The van der Waals surface area contributed by atoms with Gasteiger partial charge >= 0.3 is 11.9 Å². The number of H-pyrrole nitrogens is 1. The van der Waals surface area contributed by atoms with Crippen molar-refractivity contribution in [3.63, 3.8) is 0 Å². The Bertz CT molecular complexity index is 2020. The van der Waals surface area contributed by atoms with Gasteiger partial charge in [0.2, 0.25) is 0 Å². The predicted octanol–water partition coefficient (Wildman–Crippen LogP) is 3.58. The molecule has 4 heterocycles. The zero-order valence-electron chi connectivity index (χ0n) is 26.9. The number of hydrogen-bond donors (Lipinski definition) is 1. The van der Waals surface area contributed by atoms with Crippen LogP contribution in [0.1, 0.15) is 33.3 Å². The Morgan fingerprint density at radius 3 is 2.60 bits per heavy atom. The van der Waals surface area contributed by atoms with E-state index in [1.54, 1.807) is 39.0 Å². The number of carbonyl (C=O) groups is 4. The lowest BCUT2D eigenvalue weighted by Crippen LogP contribution is -2.71. The van der Waals surface area contributed by atoms with Crippen LogP contribution in [0.2, 0.25) is 0 Å². The number of esters is 2. The first-order chi connectivity index (χ1) is 22.6. The van der Waals surface area contributed by atoms with Crippen molar-refractivity contribution in [1.29, 1.82) is 0 Å². The number of aromatic nitrogens is 1. The molecule has 0 saturated carbocycles. The van der Waals surface area contributed by atoms with E-state index in [1.807, 2.05) is 0 Å². The van der Waals surface area contributed by atoms with Gasteiger partial charge in [-0.3, -0.25) is 19.3 Å². The lowest BCUT2D eigenvalue weighted by Gasteiger charge is -2.52. The molecule has 0 aliphatic carbocycles. The molecule has 254 valence electrons. The normalized spacial score (nSPS) is 19.8. The van der Waals surface area contributed by atoms with Gasteiger partial charge in [0, 0.05) is 41.8 Å². The van der Waals surface area contributed by atoms with Crippen molar-refractivity contribution in [2.24, 2.45) is 0 Å². The number of aromatic amines is 1. The molecule has 1 saturated heterocycles. The fraction of sp³-hybridized carbons (Fsp3) is 0.394. The Kier molecular flexibility index (Phi) is 8.56. The minimum absolute atomic E-state index is 0.00252. The van der Waals surface area contributed by atoms with Crippen LogP contribution in [0, 0.1) is 5.82 Å². The molecule has 1 aromatic heterocycles. The van der Waals surface area contributed by atoms with E-state index in [4.69, 9.17) is 14.2 Å². The third-order valence-corrected chi connectivity index (χ3v) is 11.4. The highest BCUT2D eigenvalue weighted by Crippen LogP contribution is 2.43. The summed E-state index contributed by atoms with van der Waals surface area (Å²) < 4.78 is 57.0. The summed E-state index contributed by atoms with van der Waals surface area (Å²) in [7, 11) is -2.29. The fourth-order valence-corrected chi connectivity index (χ4v) is 8.94. The number of nitrogens with one attached hydrogen (secondary N) is 1. The molecule has 2 amide bonds. The minimum Gasteiger partial charge on any atom is -0.484 e. The van der Waals surface area contributed by atoms with Gasteiger partial charge in [0.25, 0.3) is 11.8 Å². The van der Waals surface area contributed by atoms with E-state index >= 15 is 0 Å². The van der Waals surface area contributed by atoms with Crippen LogP contribution in [0.3, 0.4) is 0 Å². The van der Waals surface area contributed by atoms with Gasteiger partial charge in [-0.2, -0.15) is 0 Å². The molecule has 1 N–H and O–H groups in total. The number of β-lactam (4-membered cyclic amide) rings is 1. The smallest absolute Gasteiger partial charge is 0.355 e. The van der Waals surface area contributed by atoms with Gasteiger partial charge in [0.1, 0.15) is 40.9 Å². The van der Waals surface area contributed by atoms with E-state index in [9.17, 15) is 32.0 Å². The Hall–Kier alpha value is -4.37. The van der Waals surface area contributed by atoms with Gasteiger partial charge in [0.05, 0.1) is 16.3 Å². The SMILES string of the molecule is CC(=O)OCC1=C(C(=O)OC(C)(C)C)N2C(=O)C(N(C)C(=O)COc3ccc4c(c3)S(=O)(=O)CCc3c-4[nH]c4ccc(F)cc34)C2SC1. The van der Waals surface area contributed by atoms with Gasteiger partial charge in [-0.15, -0.1) is 11.8 Å². The zero-order valence-corrected chi connectivity index (χ0v) is 28.6. The Morgan fingerprint density at radius 1 is 1.15 bits per heavy atom. The van der Waals surface area contributed by atoms with E-state index < -0.39 is 63.0 Å². The molecule has 2 aromatic carbocycles. The number of rotatable bonds is 7. The minimum atomic E-state index is -3.75. The number of carbonyl (C=O) groups excluding carboxylic acids is 4. The molecule has 15 heteroatoms. The molecule has 3 aliphatic heterocycles. The quantitative estimate of drug-likeness (QED) is 0.286. The van der Waals surface area contributed by atoms with Crippen LogP contribution in [0.4, 0.5) is 4.39 Å². The molecule has 3 aromatic rings. The van der Waals surface area contributed by atoms with Crippen molar-refractivity contribution < 1.29 is 46.2 Å². The number of hydrogen-bond acceptors (Lipinski definition) is 10. The van der Waals surface area contributed by atoms with Crippen LogP contribution < -0.4 is 4.74 Å². The zero-order chi connectivity index (χ0) is 34.7. The summed E-state index contributed by atoms with van der Waals surface area (Å²) in [4.78, 5) is 57.2. The van der Waals surface area contributed by atoms with Crippen molar-refractivity contribution in [2.45, 2.75) is 56.0 Å². The van der Waals surface area contributed by atoms with Crippen LogP contribution in [-0.2, 0) is 44.9 Å². The fourth-order valence-electron chi connectivity index (χ4n) is 6.02. The molecule has 1 fully saturated rings. The lowest BCUT2D eigenvalue weighted by atomic mass is 10.0. The van der Waals surface area contributed by atoms with Gasteiger partial charge in [-0.25, -0.2) is 17.6 Å². The van der Waals surface area contributed by atoms with Crippen LogP contribution in [0.25, 0.3) is 22.2 Å². The van der Waals surface area contributed by atoms with Crippen LogP contribution in [0.15, 0.2) is 52.6 Å². The van der Waals surface area contributed by atoms with Crippen molar-refractivity contribution in [3.8, 4) is 17.0 Å². The van der Waals surface area contributed by atoms with Crippen LogP contribution >= 0.6 is 11.8 Å². The van der Waals surface area contributed by atoms with Gasteiger partial charge in [0.15, 0.2) is 16.4 Å². The summed E-state index contributed by atoms with van der Waals surface area (Å²) in [5, 5.41) is 0.0308. The lowest BCUT2D eigenvalue weighted by molar-refractivity contribution is -0.163. The molecule has 48 heavy (non-hydrogen) atoms. The van der Waals surface area contributed by atoms with Gasteiger partial charge < -0.3 is 24.1 Å². The highest BCUT2D eigenvalue weighted by Gasteiger charge is 2.56. The number of thioether (sulfide) groups is 1. The maximum atomic E-state index is 14.0. The molecule has 2 unspecified atom stereocenters. The molecular formula is C33H34FN3O9S2. The topological polar surface area (TPSA) is 152 Å². The van der Waals surface area contributed by atoms with Crippen molar-refractivity contribution in [3.05, 3.63) is 59.0 Å². The molecule has 0 bridgehead atoms. The molecule has 2 atom stereocenters. The number of sulfone groups is 1. The summed E-state index contributed by atoms with van der Waals surface area (Å²) in [5.41, 5.74) is 1.99. The van der Waals surface area contributed by atoms with Crippen molar-refractivity contribution in [2.75, 3.05) is 31.8 Å². The molecule has 0 spiro atoms. The predicted molar refractivity (Wildman–Crippen MR) is 174 cm³/mol. The number of halogens is 1. The Balaban J connectivity index is 1.18. The second-order valence-corrected chi connectivity index (χ2v) is 16.0. The summed E-state index contributed by atoms with van der Waals surface area (Å²) in [5.74, 6) is -2.52. The monoisotopic (exact) mass is 699 g/mol. The van der Waals surface area contributed by atoms with Crippen LogP contribution in [0.5, 0.6) is 5.75 Å². The van der Waals surface area contributed by atoms with E-state index in [0.717, 1.165) is 0 Å². The van der Waals surface area contributed by atoms with E-state index in [0.29, 0.717) is 33.3 Å². The number of amides is 2. The number of ether oxygens (including phenoxy) is 3. The first kappa shape index (κ1) is 33.5. The third kappa shape index (κ3) is 6.16. The maximum Gasteiger partial charge on any atom is 0.355 e. The summed E-state index contributed by atoms with van der Waals surface area (Å²) >= 11 is 1.32. The molecule has 3 aliphatic rings. The molecule has 6 rings (SSSR count). The van der Waals surface area contributed by atoms with Crippen LogP contribution in [-0.4, -0.2) is 95.7 Å². The summed E-state index contributed by atoms with van der Waals surface area (Å²) in [6.07, 6.45) is 0.191. The number of aryl methyl sites for hydroxylation is 1. The first-order valence-electron chi connectivity index (χ1n) is 15.1. The number of fused-ring (bicyclic) bond motifs is 6. The molecule has 12 nitrogen and oxygen atoms in total. The first-order valence-corrected chi connectivity index (χ1v) is 17.8. The van der Waals surface area contributed by atoms with Gasteiger partial charge in [-0.1, -0.05) is 0 Å². The van der Waals surface area contributed by atoms with E-state index in [1.165, 1.54) is 53.7 Å². The second kappa shape index (κ2) is 12.3. The molecular weight excluding hydrogens is 666 g/mol. The van der Waals surface area contributed by atoms with E-state index in [2.05, 4.69) is 4.98 Å². The van der Waals surface area contributed by atoms with Crippen molar-refractivity contribution in [1.82, 2.24) is 14.8 Å². The van der Waals surface area contributed by atoms with Gasteiger partial charge in [-0.05, 0) is 69.2 Å². The second-order valence-electron chi connectivity index (χ2n) is 12.8. The highest BCUT2D eigenvalue weighted by atomic mass is 32.2. The Morgan fingerprint density at radius 2 is 1.90 bits per heavy atom. The largest absolute Gasteiger partial charge is 0.484 e. The van der Waals surface area contributed by atoms with Crippen molar-refractivity contribution >= 4 is 56.3 Å². The average Bonchev–Trinajstić information content (AvgIpc) is 3.32. The summed E-state index contributed by atoms with van der Waals surface area (Å²) in [6, 6.07) is 7.94. The number of nitrogens with zero attached hydrogens (tertiary/aromatic N) is 2.